The topological polar surface area (TPSA) is 70.7 Å². The molecule has 6 nitrogen and oxygen atoms in total. The van der Waals surface area contributed by atoms with Crippen LogP contribution in [-0.2, 0) is 9.53 Å². The van der Waals surface area contributed by atoms with E-state index in [2.05, 4.69) is 29.4 Å². The summed E-state index contributed by atoms with van der Waals surface area (Å²) in [5.41, 5.74) is -0.995. The molecule has 134 valence electrons. The third-order valence-electron chi connectivity index (χ3n) is 4.38. The van der Waals surface area contributed by atoms with Crippen LogP contribution in [0.2, 0.25) is 0 Å². The van der Waals surface area contributed by atoms with Gasteiger partial charge in [-0.2, -0.15) is 0 Å². The first-order valence-electron chi connectivity index (χ1n) is 8.18. The lowest BCUT2D eigenvalue weighted by Gasteiger charge is -2.28. The number of methoxy groups -OCH3 is 1. The lowest BCUT2D eigenvalue weighted by Crippen LogP contribution is -2.58. The number of hydrogen-bond donors (Lipinski definition) is 2. The van der Waals surface area contributed by atoms with Gasteiger partial charge < -0.3 is 15.4 Å². The van der Waals surface area contributed by atoms with Crippen LogP contribution < -0.4 is 10.6 Å². The van der Waals surface area contributed by atoms with Crippen molar-refractivity contribution in [2.45, 2.75) is 51.4 Å². The van der Waals surface area contributed by atoms with Crippen LogP contribution >= 0.6 is 11.3 Å². The summed E-state index contributed by atoms with van der Waals surface area (Å²) in [5.74, 6) is -0.436. The van der Waals surface area contributed by atoms with E-state index in [0.717, 1.165) is 13.1 Å². The Morgan fingerprint density at radius 2 is 2.08 bits per heavy atom. The average molecular weight is 353 g/mol. The van der Waals surface area contributed by atoms with Gasteiger partial charge in [0.1, 0.15) is 5.54 Å². The zero-order valence-electron chi connectivity index (χ0n) is 15.0. The fraction of sp³-hybridized carbons (Fsp3) is 0.647. The van der Waals surface area contributed by atoms with Gasteiger partial charge in [0.15, 0.2) is 0 Å². The number of rotatable bonds is 6. The van der Waals surface area contributed by atoms with E-state index in [4.69, 9.17) is 4.74 Å². The highest BCUT2D eigenvalue weighted by Crippen LogP contribution is 2.17. The SMILES string of the molecule is CO[C@H]1CN(C(C)C)C[C@@H]1NC(=O)C(C)(C)NC(=O)c1cccs1. The van der Waals surface area contributed by atoms with E-state index >= 15 is 0 Å². The van der Waals surface area contributed by atoms with E-state index in [1.54, 1.807) is 27.0 Å². The van der Waals surface area contributed by atoms with Crippen molar-refractivity contribution >= 4 is 23.2 Å². The maximum atomic E-state index is 12.7. The molecule has 1 fully saturated rings. The smallest absolute Gasteiger partial charge is 0.262 e. The van der Waals surface area contributed by atoms with E-state index in [-0.39, 0.29) is 24.0 Å². The fourth-order valence-electron chi connectivity index (χ4n) is 2.76. The van der Waals surface area contributed by atoms with Crippen molar-refractivity contribution in [3.05, 3.63) is 22.4 Å². The molecule has 0 saturated carbocycles. The van der Waals surface area contributed by atoms with E-state index in [9.17, 15) is 9.59 Å². The molecule has 1 saturated heterocycles. The van der Waals surface area contributed by atoms with Crippen LogP contribution in [0.3, 0.4) is 0 Å². The number of amides is 2. The van der Waals surface area contributed by atoms with Crippen molar-refractivity contribution in [2.75, 3.05) is 20.2 Å². The van der Waals surface area contributed by atoms with Crippen molar-refractivity contribution in [3.8, 4) is 0 Å². The molecule has 1 aliphatic heterocycles. The van der Waals surface area contributed by atoms with Crippen LogP contribution in [0, 0.1) is 0 Å². The van der Waals surface area contributed by atoms with Crippen molar-refractivity contribution in [1.82, 2.24) is 15.5 Å². The molecule has 1 aromatic heterocycles. The van der Waals surface area contributed by atoms with Gasteiger partial charge in [-0.25, -0.2) is 0 Å². The number of carbonyl (C=O) groups is 2. The predicted octanol–water partition coefficient (Wildman–Crippen LogP) is 1.48. The summed E-state index contributed by atoms with van der Waals surface area (Å²) >= 11 is 1.35. The Balaban J connectivity index is 1.98. The average Bonchev–Trinajstić information content (AvgIpc) is 3.16. The third-order valence-corrected chi connectivity index (χ3v) is 5.25. The summed E-state index contributed by atoms with van der Waals surface area (Å²) < 4.78 is 5.52. The van der Waals surface area contributed by atoms with Crippen LogP contribution in [0.4, 0.5) is 0 Å². The summed E-state index contributed by atoms with van der Waals surface area (Å²) in [6.07, 6.45) is -0.0415. The summed E-state index contributed by atoms with van der Waals surface area (Å²) in [7, 11) is 1.66. The van der Waals surface area contributed by atoms with Gasteiger partial charge in [0.05, 0.1) is 17.0 Å². The van der Waals surface area contributed by atoms with E-state index in [0.29, 0.717) is 10.9 Å². The fourth-order valence-corrected chi connectivity index (χ4v) is 3.38. The number of carbonyl (C=O) groups excluding carboxylic acids is 2. The Morgan fingerprint density at radius 1 is 1.38 bits per heavy atom. The first-order chi connectivity index (χ1) is 11.2. The second-order valence-corrected chi connectivity index (χ2v) is 7.91. The highest BCUT2D eigenvalue weighted by molar-refractivity contribution is 7.12. The zero-order valence-corrected chi connectivity index (χ0v) is 15.8. The van der Waals surface area contributed by atoms with Gasteiger partial charge in [-0.15, -0.1) is 11.3 Å². The van der Waals surface area contributed by atoms with Crippen LogP contribution in [0.1, 0.15) is 37.4 Å². The molecule has 2 rings (SSSR count). The van der Waals surface area contributed by atoms with E-state index in [1.165, 1.54) is 11.3 Å². The molecule has 1 aromatic rings. The number of nitrogens with zero attached hydrogens (tertiary/aromatic N) is 1. The van der Waals surface area contributed by atoms with Gasteiger partial charge in [0, 0.05) is 26.2 Å². The summed E-state index contributed by atoms with van der Waals surface area (Å²) in [5, 5.41) is 7.68. The van der Waals surface area contributed by atoms with Gasteiger partial charge >= 0.3 is 0 Å². The number of ether oxygens (including phenoxy) is 1. The molecule has 1 aliphatic rings. The molecule has 2 heterocycles. The molecule has 0 aromatic carbocycles. The predicted molar refractivity (Wildman–Crippen MR) is 95.3 cm³/mol. The third kappa shape index (κ3) is 4.34. The molecule has 0 aliphatic carbocycles. The Kier molecular flexibility index (Phi) is 6.01. The zero-order chi connectivity index (χ0) is 17.9. The molecule has 0 radical (unpaired) electrons. The molecular weight excluding hydrogens is 326 g/mol. The summed E-state index contributed by atoms with van der Waals surface area (Å²) in [4.78, 5) is 27.7. The first kappa shape index (κ1) is 18.9. The molecule has 0 bridgehead atoms. The minimum atomic E-state index is -0.995. The van der Waals surface area contributed by atoms with Gasteiger partial charge in [-0.3, -0.25) is 14.5 Å². The van der Waals surface area contributed by atoms with Gasteiger partial charge in [0.2, 0.25) is 5.91 Å². The summed E-state index contributed by atoms with van der Waals surface area (Å²) in [6, 6.07) is 3.88. The number of nitrogens with one attached hydrogen (secondary N) is 2. The molecule has 0 spiro atoms. The lowest BCUT2D eigenvalue weighted by molar-refractivity contribution is -0.127. The lowest BCUT2D eigenvalue weighted by atomic mass is 10.0. The minimum absolute atomic E-state index is 0.0415. The van der Waals surface area contributed by atoms with Crippen LogP contribution in [0.15, 0.2) is 17.5 Å². The van der Waals surface area contributed by atoms with Crippen LogP contribution in [-0.4, -0.2) is 60.6 Å². The molecule has 2 amide bonds. The Labute approximate surface area is 147 Å². The van der Waals surface area contributed by atoms with Crippen molar-refractivity contribution in [2.24, 2.45) is 0 Å². The molecular formula is C17H27N3O3S. The molecule has 24 heavy (non-hydrogen) atoms. The van der Waals surface area contributed by atoms with Gasteiger partial charge in [-0.05, 0) is 39.1 Å². The standard InChI is InChI=1S/C17H27N3O3S/c1-11(2)20-9-12(13(10-20)23-5)18-16(22)17(3,4)19-15(21)14-7-6-8-24-14/h6-8,11-13H,9-10H2,1-5H3,(H,18,22)(H,19,21)/t12-,13-/m0/s1. The summed E-state index contributed by atoms with van der Waals surface area (Å²) in [6.45, 7) is 9.22. The van der Waals surface area contributed by atoms with E-state index in [1.807, 2.05) is 11.4 Å². The second-order valence-electron chi connectivity index (χ2n) is 6.96. The Hall–Kier alpha value is -1.44. The minimum Gasteiger partial charge on any atom is -0.378 e. The van der Waals surface area contributed by atoms with Gasteiger partial charge in [0.25, 0.3) is 5.91 Å². The first-order valence-corrected chi connectivity index (χ1v) is 9.06. The maximum absolute atomic E-state index is 12.7. The number of likely N-dealkylation sites (tertiary alicyclic amines) is 1. The number of thiophene rings is 1. The second kappa shape index (κ2) is 7.63. The highest BCUT2D eigenvalue weighted by Gasteiger charge is 2.38. The number of hydrogen-bond acceptors (Lipinski definition) is 5. The molecule has 0 unspecified atom stereocenters. The Bertz CT molecular complexity index is 572. The monoisotopic (exact) mass is 353 g/mol. The van der Waals surface area contributed by atoms with Crippen LogP contribution in [0.25, 0.3) is 0 Å². The van der Waals surface area contributed by atoms with Crippen molar-refractivity contribution in [3.63, 3.8) is 0 Å². The largest absolute Gasteiger partial charge is 0.378 e. The normalized spacial score (nSPS) is 21.9. The van der Waals surface area contributed by atoms with Crippen molar-refractivity contribution < 1.29 is 14.3 Å². The van der Waals surface area contributed by atoms with Gasteiger partial charge in [-0.1, -0.05) is 6.07 Å². The van der Waals surface area contributed by atoms with E-state index < -0.39 is 5.54 Å². The molecule has 2 atom stereocenters. The van der Waals surface area contributed by atoms with Crippen molar-refractivity contribution in [1.29, 1.82) is 0 Å². The highest BCUT2D eigenvalue weighted by atomic mass is 32.1. The maximum Gasteiger partial charge on any atom is 0.262 e. The molecule has 7 heteroatoms. The quantitative estimate of drug-likeness (QED) is 0.813. The Morgan fingerprint density at radius 3 is 2.62 bits per heavy atom. The molecule has 2 N–H and O–H groups in total. The van der Waals surface area contributed by atoms with Crippen LogP contribution in [0.5, 0.6) is 0 Å².